The number of nitrogens with zero attached hydrogens (tertiary/aromatic N) is 2. The third-order valence-corrected chi connectivity index (χ3v) is 4.26. The maximum Gasteiger partial charge on any atom is 0.418 e. The number of likely N-dealkylation sites (tertiary alicyclic amines) is 1. The van der Waals surface area contributed by atoms with Crippen molar-refractivity contribution in [2.75, 3.05) is 6.54 Å². The Hall–Kier alpha value is -2.41. The van der Waals surface area contributed by atoms with Gasteiger partial charge >= 0.3 is 6.18 Å². The second kappa shape index (κ2) is 6.84. The number of halogens is 3. The van der Waals surface area contributed by atoms with E-state index in [0.29, 0.717) is 25.1 Å². The molecule has 0 radical (unpaired) electrons. The molecule has 1 amide bonds. The van der Waals surface area contributed by atoms with Gasteiger partial charge in [-0.2, -0.15) is 13.2 Å². The third kappa shape index (κ3) is 3.66. The molecular weight excluding hydrogens is 333 g/mol. The Kier molecular flexibility index (Phi) is 4.76. The van der Waals surface area contributed by atoms with Crippen LogP contribution in [0.3, 0.4) is 0 Å². The number of carbonyl (C=O) groups excluding carboxylic acids is 1. The van der Waals surface area contributed by atoms with Crippen molar-refractivity contribution in [1.29, 1.82) is 0 Å². The van der Waals surface area contributed by atoms with Crippen LogP contribution in [0.25, 0.3) is 11.3 Å². The highest BCUT2D eigenvalue weighted by molar-refractivity contribution is 5.78. The standard InChI is InChI=1S/C18H17F3N2O2/c19-18(20,21)16-14(11-24)7-8-22-17(16)13-5-3-12(4-6-13)10-23-9-1-2-15(23)25/h3-8,24H,1-2,9-11H2. The Morgan fingerprint density at radius 2 is 1.88 bits per heavy atom. The van der Waals surface area contributed by atoms with Gasteiger partial charge in [-0.25, -0.2) is 0 Å². The Bertz CT molecular complexity index is 773. The first-order valence-corrected chi connectivity index (χ1v) is 7.93. The van der Waals surface area contributed by atoms with Crippen LogP contribution >= 0.6 is 0 Å². The van der Waals surface area contributed by atoms with E-state index in [9.17, 15) is 23.1 Å². The van der Waals surface area contributed by atoms with Crippen LogP contribution in [0.1, 0.15) is 29.5 Å². The molecule has 0 unspecified atom stereocenters. The first-order valence-electron chi connectivity index (χ1n) is 7.93. The zero-order chi connectivity index (χ0) is 18.0. The Labute approximate surface area is 142 Å². The minimum absolute atomic E-state index is 0.0979. The van der Waals surface area contributed by atoms with Crippen molar-refractivity contribution in [2.45, 2.75) is 32.2 Å². The molecule has 1 fully saturated rings. The summed E-state index contributed by atoms with van der Waals surface area (Å²) < 4.78 is 40.1. The number of aliphatic hydroxyl groups is 1. The van der Waals surface area contributed by atoms with E-state index in [1.807, 2.05) is 0 Å². The van der Waals surface area contributed by atoms with Gasteiger partial charge in [-0.3, -0.25) is 9.78 Å². The molecule has 0 aliphatic carbocycles. The summed E-state index contributed by atoms with van der Waals surface area (Å²) in [7, 11) is 0. The number of hydrogen-bond acceptors (Lipinski definition) is 3. The smallest absolute Gasteiger partial charge is 0.392 e. The average molecular weight is 350 g/mol. The molecule has 3 rings (SSSR count). The summed E-state index contributed by atoms with van der Waals surface area (Å²) in [4.78, 5) is 17.3. The highest BCUT2D eigenvalue weighted by Crippen LogP contribution is 2.38. The quantitative estimate of drug-likeness (QED) is 0.920. The van der Waals surface area contributed by atoms with Crippen LogP contribution in [0.4, 0.5) is 13.2 Å². The molecule has 1 aromatic carbocycles. The number of pyridine rings is 1. The van der Waals surface area contributed by atoms with Crippen molar-refractivity contribution in [3.05, 3.63) is 53.2 Å². The molecule has 7 heteroatoms. The topological polar surface area (TPSA) is 53.4 Å². The van der Waals surface area contributed by atoms with Gasteiger partial charge in [-0.15, -0.1) is 0 Å². The monoisotopic (exact) mass is 350 g/mol. The number of alkyl halides is 3. The highest BCUT2D eigenvalue weighted by atomic mass is 19.4. The maximum atomic E-state index is 13.4. The lowest BCUT2D eigenvalue weighted by atomic mass is 10.00. The summed E-state index contributed by atoms with van der Waals surface area (Å²) in [5, 5.41) is 9.22. The van der Waals surface area contributed by atoms with Crippen LogP contribution in [0, 0.1) is 0 Å². The molecule has 1 aliphatic rings. The fourth-order valence-corrected chi connectivity index (χ4v) is 3.03. The summed E-state index contributed by atoms with van der Waals surface area (Å²) in [6.07, 6.45) is -1.97. The van der Waals surface area contributed by atoms with Gasteiger partial charge in [0.15, 0.2) is 0 Å². The molecular formula is C18H17F3N2O2. The molecule has 2 heterocycles. The molecule has 0 spiro atoms. The molecule has 1 aromatic heterocycles. The normalized spacial score (nSPS) is 15.0. The zero-order valence-electron chi connectivity index (χ0n) is 13.4. The van der Waals surface area contributed by atoms with Crippen LogP contribution in [0.5, 0.6) is 0 Å². The Morgan fingerprint density at radius 3 is 2.44 bits per heavy atom. The molecule has 2 aromatic rings. The Balaban J connectivity index is 1.91. The van der Waals surface area contributed by atoms with Crippen molar-refractivity contribution in [1.82, 2.24) is 9.88 Å². The predicted molar refractivity (Wildman–Crippen MR) is 85.2 cm³/mol. The van der Waals surface area contributed by atoms with E-state index >= 15 is 0 Å². The zero-order valence-corrected chi connectivity index (χ0v) is 13.4. The first-order chi connectivity index (χ1) is 11.9. The van der Waals surface area contributed by atoms with E-state index in [2.05, 4.69) is 4.98 Å². The molecule has 25 heavy (non-hydrogen) atoms. The van der Waals surface area contributed by atoms with Crippen molar-refractivity contribution in [3.8, 4) is 11.3 Å². The third-order valence-electron chi connectivity index (χ3n) is 4.26. The summed E-state index contributed by atoms with van der Waals surface area (Å²) in [5.41, 5.74) is -0.156. The van der Waals surface area contributed by atoms with Crippen LogP contribution in [-0.2, 0) is 24.1 Å². The number of amides is 1. The Morgan fingerprint density at radius 1 is 1.16 bits per heavy atom. The van der Waals surface area contributed by atoms with Crippen molar-refractivity contribution in [2.24, 2.45) is 0 Å². The van der Waals surface area contributed by atoms with Gasteiger partial charge in [0.2, 0.25) is 5.91 Å². The fraction of sp³-hybridized carbons (Fsp3) is 0.333. The summed E-state index contributed by atoms with van der Waals surface area (Å²) in [5.74, 6) is 0.0979. The number of rotatable bonds is 4. The lowest BCUT2D eigenvalue weighted by Gasteiger charge is -2.17. The molecule has 1 aliphatic heterocycles. The van der Waals surface area contributed by atoms with E-state index in [4.69, 9.17) is 0 Å². The summed E-state index contributed by atoms with van der Waals surface area (Å²) in [6.45, 7) is 0.452. The van der Waals surface area contributed by atoms with Gasteiger partial charge in [0.05, 0.1) is 17.9 Å². The largest absolute Gasteiger partial charge is 0.418 e. The summed E-state index contributed by atoms with van der Waals surface area (Å²) >= 11 is 0. The summed E-state index contributed by atoms with van der Waals surface area (Å²) in [6, 6.07) is 7.70. The van der Waals surface area contributed by atoms with Crippen LogP contribution < -0.4 is 0 Å². The minimum Gasteiger partial charge on any atom is -0.392 e. The lowest BCUT2D eigenvalue weighted by molar-refractivity contribution is -0.138. The maximum absolute atomic E-state index is 13.4. The molecule has 0 saturated carbocycles. The fourth-order valence-electron chi connectivity index (χ4n) is 3.03. The number of aromatic nitrogens is 1. The van der Waals surface area contributed by atoms with Crippen molar-refractivity contribution in [3.63, 3.8) is 0 Å². The molecule has 1 N–H and O–H groups in total. The van der Waals surface area contributed by atoms with Gasteiger partial charge in [-0.1, -0.05) is 24.3 Å². The lowest BCUT2D eigenvalue weighted by Crippen LogP contribution is -2.23. The van der Waals surface area contributed by atoms with Crippen LogP contribution in [0.2, 0.25) is 0 Å². The number of benzene rings is 1. The first kappa shape index (κ1) is 17.4. The number of hydrogen-bond donors (Lipinski definition) is 1. The van der Waals surface area contributed by atoms with Crippen molar-refractivity contribution < 1.29 is 23.1 Å². The molecule has 0 bridgehead atoms. The van der Waals surface area contributed by atoms with Crippen LogP contribution in [0.15, 0.2) is 36.5 Å². The van der Waals surface area contributed by atoms with E-state index in [-0.39, 0.29) is 17.2 Å². The second-order valence-electron chi connectivity index (χ2n) is 5.97. The molecule has 4 nitrogen and oxygen atoms in total. The molecule has 0 atom stereocenters. The van der Waals surface area contributed by atoms with Gasteiger partial charge in [0.1, 0.15) is 0 Å². The number of carbonyl (C=O) groups is 1. The van der Waals surface area contributed by atoms with E-state index < -0.39 is 18.3 Å². The minimum atomic E-state index is -4.61. The highest BCUT2D eigenvalue weighted by Gasteiger charge is 2.37. The van der Waals surface area contributed by atoms with Crippen LogP contribution in [-0.4, -0.2) is 27.4 Å². The van der Waals surface area contributed by atoms with Gasteiger partial charge in [0.25, 0.3) is 0 Å². The van der Waals surface area contributed by atoms with E-state index in [1.165, 1.54) is 12.3 Å². The van der Waals surface area contributed by atoms with Gasteiger partial charge < -0.3 is 10.0 Å². The molecule has 132 valence electrons. The molecule has 1 saturated heterocycles. The van der Waals surface area contributed by atoms with Gasteiger partial charge in [-0.05, 0) is 23.6 Å². The SMILES string of the molecule is O=C1CCCN1Cc1ccc(-c2nccc(CO)c2C(F)(F)F)cc1. The average Bonchev–Trinajstić information content (AvgIpc) is 2.99. The number of aliphatic hydroxyl groups excluding tert-OH is 1. The predicted octanol–water partition coefficient (Wildman–Crippen LogP) is 3.38. The van der Waals surface area contributed by atoms with Crippen molar-refractivity contribution >= 4 is 5.91 Å². The van der Waals surface area contributed by atoms with E-state index in [1.54, 1.807) is 29.2 Å². The van der Waals surface area contributed by atoms with E-state index in [0.717, 1.165) is 12.0 Å². The van der Waals surface area contributed by atoms with Gasteiger partial charge in [0, 0.05) is 31.3 Å². The second-order valence-corrected chi connectivity index (χ2v) is 5.97.